The van der Waals surface area contributed by atoms with Gasteiger partial charge in [-0.2, -0.15) is 5.26 Å². The number of nitrogens with zero attached hydrogens (tertiary/aromatic N) is 1. The number of carbonyl (C=O) groups is 2. The molecule has 0 aliphatic heterocycles. The van der Waals surface area contributed by atoms with Gasteiger partial charge in [-0.25, -0.2) is 4.39 Å². The van der Waals surface area contributed by atoms with Crippen LogP contribution < -0.4 is 5.32 Å². The van der Waals surface area contributed by atoms with E-state index in [1.54, 1.807) is 6.07 Å². The summed E-state index contributed by atoms with van der Waals surface area (Å²) < 4.78 is 13.2. The number of aliphatic carboxylic acids is 1. The van der Waals surface area contributed by atoms with E-state index in [1.165, 1.54) is 19.1 Å². The molecule has 0 saturated carbocycles. The van der Waals surface area contributed by atoms with Crippen molar-refractivity contribution in [2.24, 2.45) is 5.92 Å². The third-order valence-electron chi connectivity index (χ3n) is 2.15. The minimum Gasteiger partial charge on any atom is -0.481 e. The van der Waals surface area contributed by atoms with Crippen LogP contribution in [0.1, 0.15) is 12.5 Å². The molecule has 0 radical (unpaired) electrons. The Labute approximate surface area is 96.5 Å². The van der Waals surface area contributed by atoms with Gasteiger partial charge in [0, 0.05) is 0 Å². The molecule has 5 nitrogen and oxygen atoms in total. The predicted octanol–water partition coefficient (Wildman–Crippen LogP) is 1.36. The van der Waals surface area contributed by atoms with Gasteiger partial charge in [-0.3, -0.25) is 9.59 Å². The number of halogens is 1. The van der Waals surface area contributed by atoms with E-state index < -0.39 is 23.6 Å². The number of carbonyl (C=O) groups excluding carboxylic acids is 1. The first-order valence-electron chi connectivity index (χ1n) is 4.69. The van der Waals surface area contributed by atoms with Crippen LogP contribution in [0, 0.1) is 23.1 Å². The van der Waals surface area contributed by atoms with E-state index in [2.05, 4.69) is 5.32 Å². The second kappa shape index (κ2) is 5.07. The molecule has 1 aromatic rings. The molecular weight excluding hydrogens is 227 g/mol. The van der Waals surface area contributed by atoms with E-state index in [0.29, 0.717) is 0 Å². The number of hydrogen-bond acceptors (Lipinski definition) is 3. The molecule has 1 unspecified atom stereocenters. The van der Waals surface area contributed by atoms with Gasteiger partial charge in [-0.05, 0) is 19.1 Å². The second-order valence-corrected chi connectivity index (χ2v) is 3.32. The lowest BCUT2D eigenvalue weighted by molar-refractivity contribution is -0.144. The number of carboxylic acids is 1. The molecule has 0 spiro atoms. The Bertz CT molecular complexity index is 508. The first-order chi connectivity index (χ1) is 7.97. The Hall–Kier alpha value is -2.42. The van der Waals surface area contributed by atoms with E-state index in [0.717, 1.165) is 6.07 Å². The fraction of sp³-hybridized carbons (Fsp3) is 0.182. The minimum absolute atomic E-state index is 0.0365. The fourth-order valence-electron chi connectivity index (χ4n) is 1.10. The normalized spacial score (nSPS) is 11.4. The number of nitriles is 1. The highest BCUT2D eigenvalue weighted by atomic mass is 19.1. The van der Waals surface area contributed by atoms with Crippen molar-refractivity contribution < 1.29 is 19.1 Å². The number of carboxylic acid groups (broad SMARTS) is 1. The molecule has 0 saturated heterocycles. The van der Waals surface area contributed by atoms with Gasteiger partial charge in [0.2, 0.25) is 5.91 Å². The summed E-state index contributed by atoms with van der Waals surface area (Å²) in [6.07, 6.45) is 0. The summed E-state index contributed by atoms with van der Waals surface area (Å²) in [5.41, 5.74) is -0.357. The van der Waals surface area contributed by atoms with Gasteiger partial charge in [0.25, 0.3) is 0 Å². The van der Waals surface area contributed by atoms with E-state index in [-0.39, 0.29) is 11.3 Å². The van der Waals surface area contributed by atoms with Gasteiger partial charge >= 0.3 is 5.97 Å². The highest BCUT2D eigenvalue weighted by molar-refractivity contribution is 6.04. The molecule has 0 aliphatic rings. The molecular formula is C11H9FN2O3. The number of benzene rings is 1. The standard InChI is InChI=1S/C11H9FN2O3/c1-6(11(16)17)10(15)14-9-4-2-3-8(12)7(9)5-13/h2-4,6H,1H3,(H,14,15)(H,16,17). The lowest BCUT2D eigenvalue weighted by Gasteiger charge is -2.09. The van der Waals surface area contributed by atoms with Crippen LogP contribution in [0.3, 0.4) is 0 Å². The molecule has 1 amide bonds. The maximum absolute atomic E-state index is 13.2. The molecule has 88 valence electrons. The quantitative estimate of drug-likeness (QED) is 0.775. The Morgan fingerprint density at radius 2 is 2.18 bits per heavy atom. The van der Waals surface area contributed by atoms with Crippen LogP contribution in [-0.2, 0) is 9.59 Å². The van der Waals surface area contributed by atoms with Gasteiger partial charge in [-0.1, -0.05) is 6.07 Å². The second-order valence-electron chi connectivity index (χ2n) is 3.32. The summed E-state index contributed by atoms with van der Waals surface area (Å²) in [5, 5.41) is 19.5. The van der Waals surface area contributed by atoms with Crippen molar-refractivity contribution in [1.29, 1.82) is 5.26 Å². The summed E-state index contributed by atoms with van der Waals surface area (Å²) in [6.45, 7) is 1.20. The number of nitrogens with one attached hydrogen (secondary N) is 1. The van der Waals surface area contributed by atoms with Gasteiger partial charge in [0.15, 0.2) is 0 Å². The van der Waals surface area contributed by atoms with Gasteiger partial charge in [0.05, 0.1) is 5.69 Å². The van der Waals surface area contributed by atoms with Gasteiger partial charge < -0.3 is 10.4 Å². The topological polar surface area (TPSA) is 90.2 Å². The van der Waals surface area contributed by atoms with Crippen LogP contribution in [-0.4, -0.2) is 17.0 Å². The number of rotatable bonds is 3. The van der Waals surface area contributed by atoms with Crippen LogP contribution in [0.25, 0.3) is 0 Å². The highest BCUT2D eigenvalue weighted by Crippen LogP contribution is 2.18. The minimum atomic E-state index is -1.29. The zero-order chi connectivity index (χ0) is 13.0. The first kappa shape index (κ1) is 12.6. The van der Waals surface area contributed by atoms with Crippen LogP contribution >= 0.6 is 0 Å². The van der Waals surface area contributed by atoms with Crippen molar-refractivity contribution >= 4 is 17.6 Å². The van der Waals surface area contributed by atoms with E-state index >= 15 is 0 Å². The average molecular weight is 236 g/mol. The molecule has 0 bridgehead atoms. The molecule has 0 aromatic heterocycles. The number of amides is 1. The van der Waals surface area contributed by atoms with Crippen LogP contribution in [0.15, 0.2) is 18.2 Å². The van der Waals surface area contributed by atoms with E-state index in [9.17, 15) is 14.0 Å². The molecule has 6 heteroatoms. The molecule has 0 aliphatic carbocycles. The predicted molar refractivity (Wildman–Crippen MR) is 56.5 cm³/mol. The Kier molecular flexibility index (Phi) is 3.78. The van der Waals surface area contributed by atoms with Gasteiger partial charge in [0.1, 0.15) is 23.4 Å². The van der Waals surface area contributed by atoms with Crippen molar-refractivity contribution in [1.82, 2.24) is 0 Å². The summed E-state index contributed by atoms with van der Waals surface area (Å²) in [4.78, 5) is 22.0. The number of anilines is 1. The summed E-state index contributed by atoms with van der Waals surface area (Å²) in [7, 11) is 0. The van der Waals surface area contributed by atoms with Crippen molar-refractivity contribution in [2.75, 3.05) is 5.32 Å². The summed E-state index contributed by atoms with van der Waals surface area (Å²) in [5.74, 6) is -4.14. The molecule has 17 heavy (non-hydrogen) atoms. The maximum atomic E-state index is 13.2. The largest absolute Gasteiger partial charge is 0.481 e. The Balaban J connectivity index is 2.97. The Morgan fingerprint density at radius 3 is 2.71 bits per heavy atom. The lowest BCUT2D eigenvalue weighted by atomic mass is 10.1. The van der Waals surface area contributed by atoms with Crippen molar-refractivity contribution in [3.8, 4) is 6.07 Å². The smallest absolute Gasteiger partial charge is 0.315 e. The van der Waals surface area contributed by atoms with Crippen LogP contribution in [0.5, 0.6) is 0 Å². The molecule has 2 N–H and O–H groups in total. The molecule has 1 aromatic carbocycles. The van der Waals surface area contributed by atoms with Crippen molar-refractivity contribution in [2.45, 2.75) is 6.92 Å². The first-order valence-corrected chi connectivity index (χ1v) is 4.69. The summed E-state index contributed by atoms with van der Waals surface area (Å²) in [6, 6.07) is 5.32. The Morgan fingerprint density at radius 1 is 1.53 bits per heavy atom. The van der Waals surface area contributed by atoms with Gasteiger partial charge in [-0.15, -0.1) is 0 Å². The van der Waals surface area contributed by atoms with Crippen LogP contribution in [0.4, 0.5) is 10.1 Å². The third-order valence-corrected chi connectivity index (χ3v) is 2.15. The average Bonchev–Trinajstić information content (AvgIpc) is 2.28. The molecule has 0 heterocycles. The van der Waals surface area contributed by atoms with Crippen molar-refractivity contribution in [3.05, 3.63) is 29.6 Å². The molecule has 1 atom stereocenters. The highest BCUT2D eigenvalue weighted by Gasteiger charge is 2.21. The van der Waals surface area contributed by atoms with Crippen molar-refractivity contribution in [3.63, 3.8) is 0 Å². The lowest BCUT2D eigenvalue weighted by Crippen LogP contribution is -2.27. The van der Waals surface area contributed by atoms with Crippen LogP contribution in [0.2, 0.25) is 0 Å². The zero-order valence-corrected chi connectivity index (χ0v) is 8.90. The molecule has 0 fully saturated rings. The SMILES string of the molecule is CC(C(=O)O)C(=O)Nc1cccc(F)c1C#N. The third kappa shape index (κ3) is 2.78. The monoisotopic (exact) mass is 236 g/mol. The zero-order valence-electron chi connectivity index (χ0n) is 8.90. The summed E-state index contributed by atoms with van der Waals surface area (Å²) >= 11 is 0. The van der Waals surface area contributed by atoms with E-state index in [4.69, 9.17) is 10.4 Å². The van der Waals surface area contributed by atoms with E-state index in [1.807, 2.05) is 0 Å². The molecule has 1 rings (SSSR count). The number of hydrogen-bond donors (Lipinski definition) is 2. The fourth-order valence-corrected chi connectivity index (χ4v) is 1.10. The maximum Gasteiger partial charge on any atom is 0.315 e.